The predicted molar refractivity (Wildman–Crippen MR) is 124 cm³/mol. The normalized spacial score (nSPS) is 19.4. The number of rotatable bonds is 9. The van der Waals surface area contributed by atoms with Crippen molar-refractivity contribution >= 4 is 21.5 Å². The minimum absolute atomic E-state index is 0.118. The maximum absolute atomic E-state index is 13.8. The lowest BCUT2D eigenvalue weighted by Gasteiger charge is -2.20. The van der Waals surface area contributed by atoms with E-state index in [1.54, 1.807) is 12.1 Å². The molecule has 3 N–H and O–H groups in total. The summed E-state index contributed by atoms with van der Waals surface area (Å²) in [6.07, 6.45) is 2.78. The number of aliphatic hydroxyl groups is 2. The van der Waals surface area contributed by atoms with Gasteiger partial charge in [0.25, 0.3) is 0 Å². The third-order valence-electron chi connectivity index (χ3n) is 5.78. The molecule has 1 heterocycles. The van der Waals surface area contributed by atoms with Crippen LogP contribution in [0.2, 0.25) is 0 Å². The van der Waals surface area contributed by atoms with Gasteiger partial charge in [-0.25, -0.2) is 12.8 Å². The molecule has 0 amide bonds. The van der Waals surface area contributed by atoms with E-state index in [4.69, 9.17) is 0 Å². The summed E-state index contributed by atoms with van der Waals surface area (Å²) >= 11 is 0. The Morgan fingerprint density at radius 1 is 1.22 bits per heavy atom. The molecular formula is C25H29FO5S. The zero-order chi connectivity index (χ0) is 23.3. The summed E-state index contributed by atoms with van der Waals surface area (Å²) in [5.41, 5.74) is 3.43. The minimum Gasteiger partial charge on any atom is -0.505 e. The van der Waals surface area contributed by atoms with Crippen LogP contribution in [0.4, 0.5) is 4.39 Å². The van der Waals surface area contributed by atoms with Gasteiger partial charge in [0.05, 0.1) is 18.5 Å². The van der Waals surface area contributed by atoms with Gasteiger partial charge in [0.2, 0.25) is 0 Å². The fourth-order valence-corrected chi connectivity index (χ4v) is 6.18. The molecule has 2 aromatic carbocycles. The van der Waals surface area contributed by atoms with Crippen LogP contribution in [0.1, 0.15) is 43.7 Å². The summed E-state index contributed by atoms with van der Waals surface area (Å²) in [4.78, 5) is 0. The van der Waals surface area contributed by atoms with Crippen LogP contribution in [0.25, 0.3) is 11.6 Å². The van der Waals surface area contributed by atoms with E-state index in [2.05, 4.69) is 0 Å². The summed E-state index contributed by atoms with van der Waals surface area (Å²) in [7, 11) is -3.51. The van der Waals surface area contributed by atoms with Crippen LogP contribution in [-0.2, 0) is 9.84 Å². The summed E-state index contributed by atoms with van der Waals surface area (Å²) in [6, 6.07) is 13.6. The number of halogens is 1. The first-order valence-electron chi connectivity index (χ1n) is 10.7. The molecule has 2 aromatic rings. The maximum atomic E-state index is 13.8. The molecule has 172 valence electrons. The SMILES string of the molecule is CCCC1=C([C@H](O)CC/C(=C/c2ccc(O)c(F)c2)c2ccccc2)[C@H](CO)S(=O)(=O)C1. The first kappa shape index (κ1) is 24.2. The Hall–Kier alpha value is -2.48. The van der Waals surface area contributed by atoms with Crippen molar-refractivity contribution in [2.24, 2.45) is 0 Å². The molecule has 0 saturated carbocycles. The Balaban J connectivity index is 1.89. The predicted octanol–water partition coefficient (Wildman–Crippen LogP) is 4.10. The van der Waals surface area contributed by atoms with Crippen molar-refractivity contribution in [3.05, 3.63) is 76.6 Å². The third kappa shape index (κ3) is 5.46. The van der Waals surface area contributed by atoms with Crippen molar-refractivity contribution in [1.29, 1.82) is 0 Å². The largest absolute Gasteiger partial charge is 0.505 e. The first-order chi connectivity index (χ1) is 15.3. The molecule has 32 heavy (non-hydrogen) atoms. The molecule has 3 rings (SSSR count). The molecule has 0 saturated heterocycles. The second-order valence-corrected chi connectivity index (χ2v) is 10.3. The van der Waals surface area contributed by atoms with Crippen LogP contribution >= 0.6 is 0 Å². The van der Waals surface area contributed by atoms with Gasteiger partial charge in [-0.15, -0.1) is 0 Å². The number of allylic oxidation sites excluding steroid dienone is 1. The van der Waals surface area contributed by atoms with E-state index in [0.29, 0.717) is 29.6 Å². The Morgan fingerprint density at radius 2 is 1.94 bits per heavy atom. The molecular weight excluding hydrogens is 431 g/mol. The highest BCUT2D eigenvalue weighted by Crippen LogP contribution is 2.35. The number of hydrogen-bond donors (Lipinski definition) is 3. The van der Waals surface area contributed by atoms with Crippen LogP contribution in [0.15, 0.2) is 59.7 Å². The van der Waals surface area contributed by atoms with Gasteiger partial charge in [0, 0.05) is 0 Å². The van der Waals surface area contributed by atoms with Gasteiger partial charge < -0.3 is 15.3 Å². The second kappa shape index (κ2) is 10.4. The summed E-state index contributed by atoms with van der Waals surface area (Å²) in [5.74, 6) is -1.26. The number of phenols is 1. The Labute approximate surface area is 188 Å². The van der Waals surface area contributed by atoms with Gasteiger partial charge in [0.15, 0.2) is 21.4 Å². The Kier molecular flexibility index (Phi) is 7.87. The fraction of sp³-hybridized carbons (Fsp3) is 0.360. The smallest absolute Gasteiger partial charge is 0.165 e. The van der Waals surface area contributed by atoms with Gasteiger partial charge in [-0.05, 0) is 53.7 Å². The monoisotopic (exact) mass is 460 g/mol. The third-order valence-corrected chi connectivity index (χ3v) is 7.81. The van der Waals surface area contributed by atoms with Crippen molar-refractivity contribution in [3.8, 4) is 5.75 Å². The topological polar surface area (TPSA) is 94.8 Å². The van der Waals surface area contributed by atoms with Crippen molar-refractivity contribution in [2.75, 3.05) is 12.4 Å². The molecule has 0 aromatic heterocycles. The van der Waals surface area contributed by atoms with Crippen molar-refractivity contribution in [2.45, 2.75) is 44.0 Å². The van der Waals surface area contributed by atoms with E-state index in [-0.39, 0.29) is 12.2 Å². The highest BCUT2D eigenvalue weighted by Gasteiger charge is 2.40. The van der Waals surface area contributed by atoms with E-state index < -0.39 is 39.4 Å². The molecule has 0 bridgehead atoms. The minimum atomic E-state index is -3.51. The van der Waals surface area contributed by atoms with Crippen molar-refractivity contribution in [1.82, 2.24) is 0 Å². The van der Waals surface area contributed by atoms with Crippen molar-refractivity contribution in [3.63, 3.8) is 0 Å². The maximum Gasteiger partial charge on any atom is 0.165 e. The lowest BCUT2D eigenvalue weighted by Crippen LogP contribution is -2.29. The summed E-state index contributed by atoms with van der Waals surface area (Å²) in [5, 5.41) is 29.1. The van der Waals surface area contributed by atoms with Crippen molar-refractivity contribution < 1.29 is 28.1 Å². The first-order valence-corrected chi connectivity index (χ1v) is 12.4. The molecule has 0 radical (unpaired) electrons. The number of aliphatic hydroxyl groups excluding tert-OH is 2. The van der Waals surface area contributed by atoms with Crippen LogP contribution in [0.3, 0.4) is 0 Å². The highest BCUT2D eigenvalue weighted by molar-refractivity contribution is 7.92. The summed E-state index contributed by atoms with van der Waals surface area (Å²) in [6.45, 7) is 1.40. The molecule has 1 aliphatic rings. The van der Waals surface area contributed by atoms with Gasteiger partial charge in [-0.3, -0.25) is 0 Å². The summed E-state index contributed by atoms with van der Waals surface area (Å²) < 4.78 is 38.8. The van der Waals surface area contributed by atoms with Gasteiger partial charge in [-0.2, -0.15) is 0 Å². The Morgan fingerprint density at radius 3 is 2.56 bits per heavy atom. The van der Waals surface area contributed by atoms with Crippen LogP contribution in [-0.4, -0.2) is 47.5 Å². The second-order valence-electron chi connectivity index (χ2n) is 8.09. The molecule has 0 spiro atoms. The van der Waals surface area contributed by atoms with Gasteiger partial charge >= 0.3 is 0 Å². The molecule has 2 atom stereocenters. The molecule has 1 aliphatic heterocycles. The average molecular weight is 461 g/mol. The van der Waals surface area contributed by atoms with E-state index >= 15 is 0 Å². The number of hydrogen-bond acceptors (Lipinski definition) is 5. The molecule has 0 fully saturated rings. The van der Waals surface area contributed by atoms with Gasteiger partial charge in [0.1, 0.15) is 5.25 Å². The molecule has 0 aliphatic carbocycles. The molecule has 7 heteroatoms. The zero-order valence-corrected chi connectivity index (χ0v) is 18.9. The lowest BCUT2D eigenvalue weighted by atomic mass is 9.91. The number of benzene rings is 2. The zero-order valence-electron chi connectivity index (χ0n) is 18.0. The van der Waals surface area contributed by atoms with E-state index in [9.17, 15) is 28.1 Å². The number of sulfone groups is 1. The molecule has 0 unspecified atom stereocenters. The number of phenolic OH excluding ortho intramolecular Hbond substituents is 1. The fourth-order valence-electron chi connectivity index (χ4n) is 4.24. The van der Waals surface area contributed by atoms with Gasteiger partial charge in [-0.1, -0.05) is 61.4 Å². The van der Waals surface area contributed by atoms with Crippen LogP contribution in [0, 0.1) is 5.82 Å². The quantitative estimate of drug-likeness (QED) is 0.387. The molecule has 5 nitrogen and oxygen atoms in total. The van der Waals surface area contributed by atoms with E-state index in [1.807, 2.05) is 37.3 Å². The van der Waals surface area contributed by atoms with E-state index in [1.165, 1.54) is 12.1 Å². The van der Waals surface area contributed by atoms with Crippen LogP contribution in [0.5, 0.6) is 5.75 Å². The lowest BCUT2D eigenvalue weighted by molar-refractivity contribution is 0.190. The van der Waals surface area contributed by atoms with Crippen LogP contribution < -0.4 is 0 Å². The average Bonchev–Trinajstić information content (AvgIpc) is 3.03. The standard InChI is InChI=1S/C25H29FO5S/c1-2-6-20-16-32(30,31)24(15-27)25(20)23(29)12-10-19(18-7-4-3-5-8-18)13-17-9-11-22(28)21(26)14-17/h3-5,7-9,11,13-14,23-24,27-29H,2,6,10,12,15-16H2,1H3/b19-13-/t23-,24+/m1/s1. The number of aromatic hydroxyl groups is 1. The van der Waals surface area contributed by atoms with E-state index in [0.717, 1.165) is 17.6 Å². The highest BCUT2D eigenvalue weighted by atomic mass is 32.2. The Bertz CT molecular complexity index is 1110.